The molecule has 0 spiro atoms. The second kappa shape index (κ2) is 12.6. The predicted molar refractivity (Wildman–Crippen MR) is 138 cm³/mol. The summed E-state index contributed by atoms with van der Waals surface area (Å²) in [5.41, 5.74) is 1.23. The van der Waals surface area contributed by atoms with Crippen LogP contribution in [0.25, 0.3) is 6.08 Å². The van der Waals surface area contributed by atoms with Crippen LogP contribution in [0.1, 0.15) is 22.3 Å². The Bertz CT molecular complexity index is 1080. The Kier molecular flexibility index (Phi) is 9.62. The van der Waals surface area contributed by atoms with Crippen molar-refractivity contribution >= 4 is 64.2 Å². The van der Waals surface area contributed by atoms with Gasteiger partial charge < -0.3 is 10.6 Å². The van der Waals surface area contributed by atoms with Crippen molar-refractivity contribution in [3.8, 4) is 0 Å². The van der Waals surface area contributed by atoms with Gasteiger partial charge in [0.25, 0.3) is 17.1 Å². The fourth-order valence-electron chi connectivity index (χ4n) is 3.15. The molecule has 2 N–H and O–H groups in total. The summed E-state index contributed by atoms with van der Waals surface area (Å²) in [6.45, 7) is 0.123. The van der Waals surface area contributed by atoms with E-state index in [1.807, 2.05) is 12.3 Å². The second-order valence-corrected chi connectivity index (χ2v) is 9.76. The van der Waals surface area contributed by atoms with Gasteiger partial charge in [-0.2, -0.15) is 11.8 Å². The van der Waals surface area contributed by atoms with Gasteiger partial charge in [-0.1, -0.05) is 41.9 Å². The number of carbonyl (C=O) groups excluding carboxylic acids is 4. The van der Waals surface area contributed by atoms with Gasteiger partial charge in [0.2, 0.25) is 5.91 Å². The number of carbonyl (C=O) groups is 4. The quantitative estimate of drug-likeness (QED) is 0.462. The number of nitrogens with one attached hydrogen (secondary N) is 2. The zero-order chi connectivity index (χ0) is 24.5. The number of rotatable bonds is 10. The maximum atomic E-state index is 12.7. The highest BCUT2D eigenvalue weighted by atomic mass is 35.5. The molecule has 7 nitrogen and oxygen atoms in total. The van der Waals surface area contributed by atoms with Crippen molar-refractivity contribution in [3.05, 3.63) is 75.7 Å². The molecule has 0 aliphatic carbocycles. The zero-order valence-corrected chi connectivity index (χ0v) is 20.8. The van der Waals surface area contributed by atoms with E-state index in [1.165, 1.54) is 0 Å². The standard InChI is InChI=1S/C24H24ClN3O4S2/c1-33-14-11-19(27-21(29)17-5-3-2-4-6-17)22(30)26-12-13-28-23(31)20(34-24(28)32)15-16-7-9-18(25)10-8-16/h2-10,15,19H,11-14H2,1H3,(H,26,30)(H,27,29)/b20-15-/t19-/m1/s1. The molecule has 0 unspecified atom stereocenters. The number of amides is 4. The molecule has 178 valence electrons. The molecule has 2 aromatic carbocycles. The van der Waals surface area contributed by atoms with Crippen LogP contribution in [0.3, 0.4) is 0 Å². The molecule has 10 heteroatoms. The van der Waals surface area contributed by atoms with E-state index in [4.69, 9.17) is 11.6 Å². The van der Waals surface area contributed by atoms with E-state index in [0.717, 1.165) is 22.2 Å². The van der Waals surface area contributed by atoms with Crippen molar-refractivity contribution < 1.29 is 19.2 Å². The van der Waals surface area contributed by atoms with Crippen LogP contribution in [-0.2, 0) is 9.59 Å². The molecule has 1 heterocycles. The molecule has 1 aliphatic heterocycles. The van der Waals surface area contributed by atoms with Gasteiger partial charge in [0.1, 0.15) is 6.04 Å². The summed E-state index contributed by atoms with van der Waals surface area (Å²) in [5, 5.41) is 5.69. The molecule has 1 aliphatic rings. The smallest absolute Gasteiger partial charge is 0.293 e. The molecule has 0 aromatic heterocycles. The van der Waals surface area contributed by atoms with Gasteiger partial charge in [-0.25, -0.2) is 0 Å². The first-order chi connectivity index (χ1) is 16.4. The van der Waals surface area contributed by atoms with Crippen molar-refractivity contribution in [1.82, 2.24) is 15.5 Å². The third kappa shape index (κ3) is 7.12. The molecular weight excluding hydrogens is 494 g/mol. The van der Waals surface area contributed by atoms with Crippen LogP contribution in [0, 0.1) is 0 Å². The molecular formula is C24H24ClN3O4S2. The Morgan fingerprint density at radius 3 is 2.50 bits per heavy atom. The molecule has 0 saturated carbocycles. The summed E-state index contributed by atoms with van der Waals surface area (Å²) in [7, 11) is 0. The average Bonchev–Trinajstić information content (AvgIpc) is 3.10. The summed E-state index contributed by atoms with van der Waals surface area (Å²) in [6.07, 6.45) is 4.01. The highest BCUT2D eigenvalue weighted by molar-refractivity contribution is 8.18. The summed E-state index contributed by atoms with van der Waals surface area (Å²) in [5.74, 6) is -0.413. The SMILES string of the molecule is CSCC[C@@H](NC(=O)c1ccccc1)C(=O)NCCN1C(=O)S/C(=C\c2ccc(Cl)cc2)C1=O. The summed E-state index contributed by atoms with van der Waals surface area (Å²) >= 11 is 8.31. The normalized spacial score (nSPS) is 15.5. The second-order valence-electron chi connectivity index (χ2n) is 7.35. The Balaban J connectivity index is 1.56. The molecule has 34 heavy (non-hydrogen) atoms. The topological polar surface area (TPSA) is 95.6 Å². The van der Waals surface area contributed by atoms with Crippen LogP contribution in [0.2, 0.25) is 5.02 Å². The van der Waals surface area contributed by atoms with Crippen LogP contribution < -0.4 is 10.6 Å². The van der Waals surface area contributed by atoms with E-state index in [1.54, 1.807) is 66.4 Å². The van der Waals surface area contributed by atoms with Gasteiger partial charge in [-0.15, -0.1) is 0 Å². The number of thioether (sulfide) groups is 2. The largest absolute Gasteiger partial charge is 0.353 e. The van der Waals surface area contributed by atoms with Crippen molar-refractivity contribution in [2.24, 2.45) is 0 Å². The molecule has 0 radical (unpaired) electrons. The van der Waals surface area contributed by atoms with E-state index >= 15 is 0 Å². The van der Waals surface area contributed by atoms with Crippen LogP contribution in [0.15, 0.2) is 59.5 Å². The Morgan fingerprint density at radius 2 is 1.82 bits per heavy atom. The van der Waals surface area contributed by atoms with Gasteiger partial charge in [-0.3, -0.25) is 24.1 Å². The van der Waals surface area contributed by atoms with Crippen LogP contribution in [0.5, 0.6) is 0 Å². The molecule has 1 saturated heterocycles. The lowest BCUT2D eigenvalue weighted by Crippen LogP contribution is -2.48. The summed E-state index contributed by atoms with van der Waals surface area (Å²) in [6, 6.07) is 14.9. The Hall–Kier alpha value is -2.75. The average molecular weight is 518 g/mol. The minimum atomic E-state index is -0.722. The lowest BCUT2D eigenvalue weighted by Gasteiger charge is -2.19. The third-order valence-electron chi connectivity index (χ3n) is 4.94. The van der Waals surface area contributed by atoms with E-state index in [-0.39, 0.29) is 24.9 Å². The van der Waals surface area contributed by atoms with Crippen molar-refractivity contribution in [1.29, 1.82) is 0 Å². The molecule has 1 fully saturated rings. The number of hydrogen-bond donors (Lipinski definition) is 2. The monoisotopic (exact) mass is 517 g/mol. The van der Waals surface area contributed by atoms with Gasteiger partial charge >= 0.3 is 0 Å². The number of hydrogen-bond acceptors (Lipinski definition) is 6. The summed E-state index contributed by atoms with van der Waals surface area (Å²) in [4.78, 5) is 51.6. The van der Waals surface area contributed by atoms with Crippen molar-refractivity contribution in [2.75, 3.05) is 25.1 Å². The summed E-state index contributed by atoms with van der Waals surface area (Å²) < 4.78 is 0. The Morgan fingerprint density at radius 1 is 1.12 bits per heavy atom. The lowest BCUT2D eigenvalue weighted by molar-refractivity contribution is -0.125. The van der Waals surface area contributed by atoms with Gasteiger partial charge in [0.05, 0.1) is 4.91 Å². The van der Waals surface area contributed by atoms with Crippen LogP contribution in [-0.4, -0.2) is 59.0 Å². The highest BCUT2D eigenvalue weighted by Gasteiger charge is 2.34. The van der Waals surface area contributed by atoms with E-state index in [0.29, 0.717) is 27.7 Å². The molecule has 3 rings (SSSR count). The number of imide groups is 1. The molecule has 0 bridgehead atoms. The van der Waals surface area contributed by atoms with Gasteiger partial charge in [0.15, 0.2) is 0 Å². The first-order valence-corrected chi connectivity index (χ1v) is 13.1. The highest BCUT2D eigenvalue weighted by Crippen LogP contribution is 2.32. The fraction of sp³-hybridized carbons (Fsp3) is 0.250. The fourth-order valence-corrected chi connectivity index (χ4v) is 4.62. The van der Waals surface area contributed by atoms with Crippen LogP contribution in [0.4, 0.5) is 4.79 Å². The molecule has 2 aromatic rings. The van der Waals surface area contributed by atoms with Crippen molar-refractivity contribution in [2.45, 2.75) is 12.5 Å². The number of benzene rings is 2. The molecule has 4 amide bonds. The maximum Gasteiger partial charge on any atom is 0.293 e. The Labute approximate surface area is 211 Å². The first-order valence-electron chi connectivity index (χ1n) is 10.5. The van der Waals surface area contributed by atoms with E-state index < -0.39 is 17.2 Å². The van der Waals surface area contributed by atoms with E-state index in [2.05, 4.69) is 10.6 Å². The number of halogens is 1. The van der Waals surface area contributed by atoms with Gasteiger partial charge in [0, 0.05) is 23.7 Å². The minimum absolute atomic E-state index is 0.0379. The zero-order valence-electron chi connectivity index (χ0n) is 18.5. The predicted octanol–water partition coefficient (Wildman–Crippen LogP) is 4.04. The van der Waals surface area contributed by atoms with Crippen LogP contribution >= 0.6 is 35.1 Å². The molecule has 1 atom stereocenters. The maximum absolute atomic E-state index is 12.7. The van der Waals surface area contributed by atoms with E-state index in [9.17, 15) is 19.2 Å². The third-order valence-corrected chi connectivity index (χ3v) is 6.75. The van der Waals surface area contributed by atoms with Gasteiger partial charge in [-0.05, 0) is 66.1 Å². The number of nitrogens with zero attached hydrogens (tertiary/aromatic N) is 1. The van der Waals surface area contributed by atoms with Crippen molar-refractivity contribution in [3.63, 3.8) is 0 Å². The lowest BCUT2D eigenvalue weighted by atomic mass is 10.1. The first kappa shape index (κ1) is 25.9. The minimum Gasteiger partial charge on any atom is -0.353 e.